The van der Waals surface area contributed by atoms with E-state index < -0.39 is 0 Å². The molecule has 0 aliphatic heterocycles. The molecule has 0 heterocycles. The van der Waals surface area contributed by atoms with Gasteiger partial charge in [0.25, 0.3) is 0 Å². The van der Waals surface area contributed by atoms with E-state index in [4.69, 9.17) is 4.79 Å². The molecule has 0 N–H and O–H groups in total. The molecule has 0 radical (unpaired) electrons. The van der Waals surface area contributed by atoms with Crippen molar-refractivity contribution in [2.45, 2.75) is 6.92 Å². The molecule has 0 aliphatic carbocycles. The summed E-state index contributed by atoms with van der Waals surface area (Å²) in [6.45, 7) is 1.44. The third-order valence-corrected chi connectivity index (χ3v) is 0. The zero-order chi connectivity index (χ0) is 2.71. The fourth-order valence-electron chi connectivity index (χ4n) is 0. The molecule has 0 amide bonds. The second-order valence-electron chi connectivity index (χ2n) is 0.236. The maximum Gasteiger partial charge on any atom is 1.00 e. The van der Waals surface area contributed by atoms with Crippen LogP contribution in [-0.2, 0) is 4.79 Å². The number of hydrogen-bond acceptors (Lipinski definition) is 1. The molecule has 0 fully saturated rings. The summed E-state index contributed by atoms with van der Waals surface area (Å²) in [7, 11) is 0. The molecule has 18 valence electrons. The summed E-state index contributed by atoms with van der Waals surface area (Å²) in [5, 5.41) is 0. The second kappa shape index (κ2) is 8.85. The van der Waals surface area contributed by atoms with Crippen molar-refractivity contribution < 1.29 is 56.2 Å². The van der Waals surface area contributed by atoms with E-state index in [9.17, 15) is 0 Å². The fraction of sp³-hybridized carbons (Fsp3) is 0.500. The van der Waals surface area contributed by atoms with Gasteiger partial charge in [-0.2, -0.15) is 0 Å². The Morgan fingerprint density at radius 2 is 1.75 bits per heavy atom. The maximum atomic E-state index is 8.81. The quantitative estimate of drug-likeness (QED) is 0.228. The van der Waals surface area contributed by atoms with Crippen molar-refractivity contribution in [2.24, 2.45) is 0 Å². The Balaban J connectivity index is 0. The van der Waals surface area contributed by atoms with Crippen molar-refractivity contribution in [3.05, 3.63) is 0 Å². The van der Waals surface area contributed by atoms with Gasteiger partial charge in [-0.25, -0.2) is 0 Å². The molecular weight excluding hydrogens is 79.1 g/mol. The molecular formula is C2H4KO+. The molecule has 0 saturated carbocycles. The van der Waals surface area contributed by atoms with Gasteiger partial charge in [-0.15, -0.1) is 0 Å². The Morgan fingerprint density at radius 1 is 1.75 bits per heavy atom. The Morgan fingerprint density at radius 3 is 1.75 bits per heavy atom. The summed E-state index contributed by atoms with van der Waals surface area (Å²) in [4.78, 5) is 8.81. The summed E-state index contributed by atoms with van der Waals surface area (Å²) in [5.74, 6) is 0. The topological polar surface area (TPSA) is 17.1 Å². The van der Waals surface area contributed by atoms with Crippen LogP contribution in [0.25, 0.3) is 0 Å². The molecule has 0 atom stereocenters. The number of carbonyl (C=O) groups is 1. The van der Waals surface area contributed by atoms with Gasteiger partial charge in [0, 0.05) is 0 Å². The molecule has 0 spiro atoms. The van der Waals surface area contributed by atoms with Gasteiger partial charge in [0.05, 0.1) is 0 Å². The normalized spacial score (nSPS) is 3.25. The standard InChI is InChI=1S/C2H4O.K/c1-2-3;/h2H,1H3;/q;+1. The van der Waals surface area contributed by atoms with E-state index in [-0.39, 0.29) is 51.4 Å². The van der Waals surface area contributed by atoms with E-state index in [0.717, 1.165) is 6.29 Å². The van der Waals surface area contributed by atoms with Crippen LogP contribution >= 0.6 is 0 Å². The van der Waals surface area contributed by atoms with Crippen LogP contribution in [0, 0.1) is 0 Å². The van der Waals surface area contributed by atoms with Crippen molar-refractivity contribution in [1.29, 1.82) is 0 Å². The Kier molecular flexibility index (Phi) is 19.9. The summed E-state index contributed by atoms with van der Waals surface area (Å²) >= 11 is 0. The van der Waals surface area contributed by atoms with Crippen LogP contribution < -0.4 is 51.4 Å². The molecule has 1 nitrogen and oxygen atoms in total. The van der Waals surface area contributed by atoms with Crippen LogP contribution in [0.2, 0.25) is 0 Å². The molecule has 4 heavy (non-hydrogen) atoms. The summed E-state index contributed by atoms with van der Waals surface area (Å²) in [5.41, 5.74) is 0. The van der Waals surface area contributed by atoms with Gasteiger partial charge in [-0.1, -0.05) is 0 Å². The van der Waals surface area contributed by atoms with Gasteiger partial charge in [-0.3, -0.25) is 0 Å². The summed E-state index contributed by atoms with van der Waals surface area (Å²) in [6, 6.07) is 0. The molecule has 0 rings (SSSR count). The fourth-order valence-corrected chi connectivity index (χ4v) is 0. The number of hydrogen-bond donors (Lipinski definition) is 0. The van der Waals surface area contributed by atoms with E-state index >= 15 is 0 Å². The largest absolute Gasteiger partial charge is 1.00 e. The molecule has 2 heteroatoms. The van der Waals surface area contributed by atoms with Gasteiger partial charge in [-0.05, 0) is 6.92 Å². The van der Waals surface area contributed by atoms with E-state index in [0.29, 0.717) is 0 Å². The van der Waals surface area contributed by atoms with Crippen LogP contribution in [0.15, 0.2) is 0 Å². The summed E-state index contributed by atoms with van der Waals surface area (Å²) in [6.07, 6.45) is 0.750. The Hall–Kier alpha value is 1.31. The maximum absolute atomic E-state index is 8.81. The molecule has 0 aromatic carbocycles. The minimum absolute atomic E-state index is 0. The molecule has 0 bridgehead atoms. The van der Waals surface area contributed by atoms with Gasteiger partial charge in [0.1, 0.15) is 6.29 Å². The predicted octanol–water partition coefficient (Wildman–Crippen LogP) is -2.79. The number of rotatable bonds is 0. The van der Waals surface area contributed by atoms with Gasteiger partial charge < -0.3 is 4.79 Å². The number of carbonyl (C=O) groups excluding carboxylic acids is 1. The van der Waals surface area contributed by atoms with E-state index in [1.807, 2.05) is 0 Å². The zero-order valence-electron chi connectivity index (χ0n) is 2.99. The second-order valence-corrected chi connectivity index (χ2v) is 0.236. The van der Waals surface area contributed by atoms with E-state index in [1.165, 1.54) is 6.92 Å². The van der Waals surface area contributed by atoms with Gasteiger partial charge in [0.2, 0.25) is 0 Å². The third-order valence-electron chi connectivity index (χ3n) is 0. The van der Waals surface area contributed by atoms with E-state index in [2.05, 4.69) is 0 Å². The molecule has 0 aliphatic rings. The minimum Gasteiger partial charge on any atom is -0.304 e. The van der Waals surface area contributed by atoms with Crippen LogP contribution in [0.1, 0.15) is 6.92 Å². The van der Waals surface area contributed by atoms with E-state index in [1.54, 1.807) is 0 Å². The molecule has 0 aromatic heterocycles. The minimum atomic E-state index is 0. The monoisotopic (exact) mass is 83.0 g/mol. The average molecular weight is 83.2 g/mol. The summed E-state index contributed by atoms with van der Waals surface area (Å²) < 4.78 is 0. The first-order valence-electron chi connectivity index (χ1n) is 0.813. The van der Waals surface area contributed by atoms with Crippen molar-refractivity contribution in [3.8, 4) is 0 Å². The van der Waals surface area contributed by atoms with Crippen molar-refractivity contribution in [3.63, 3.8) is 0 Å². The predicted molar refractivity (Wildman–Crippen MR) is 11.7 cm³/mol. The first-order valence-corrected chi connectivity index (χ1v) is 0.813. The van der Waals surface area contributed by atoms with Crippen molar-refractivity contribution in [1.82, 2.24) is 0 Å². The zero-order valence-corrected chi connectivity index (χ0v) is 6.11. The van der Waals surface area contributed by atoms with Crippen LogP contribution in [0.3, 0.4) is 0 Å². The molecule has 0 unspecified atom stereocenters. The van der Waals surface area contributed by atoms with Crippen LogP contribution in [0.5, 0.6) is 0 Å². The Bertz CT molecular complexity index is 13.5. The van der Waals surface area contributed by atoms with Crippen LogP contribution in [-0.4, -0.2) is 6.29 Å². The average Bonchev–Trinajstić information content (AvgIpc) is 0.918. The first-order chi connectivity index (χ1) is 1.41. The number of aldehydes is 1. The molecule has 0 saturated heterocycles. The van der Waals surface area contributed by atoms with Gasteiger partial charge in [0.15, 0.2) is 0 Å². The SMILES string of the molecule is CC=O.[K+]. The smallest absolute Gasteiger partial charge is 0.304 e. The van der Waals surface area contributed by atoms with Crippen LogP contribution in [0.4, 0.5) is 0 Å². The van der Waals surface area contributed by atoms with Crippen molar-refractivity contribution >= 4 is 6.29 Å². The first kappa shape index (κ1) is 9.00. The third kappa shape index (κ3) is 10.3. The molecule has 0 aromatic rings. The van der Waals surface area contributed by atoms with Gasteiger partial charge >= 0.3 is 51.4 Å². The Labute approximate surface area is 68.2 Å². The van der Waals surface area contributed by atoms with Crippen molar-refractivity contribution in [2.75, 3.05) is 0 Å².